The molecule has 17 heavy (non-hydrogen) atoms. The van der Waals surface area contributed by atoms with E-state index < -0.39 is 0 Å². The molecule has 1 aromatic carbocycles. The molecule has 1 N–H and O–H groups in total. The maximum absolute atomic E-state index is 11.6. The van der Waals surface area contributed by atoms with Crippen LogP contribution in [0.2, 0.25) is 5.02 Å². The molecule has 90 valence electrons. The van der Waals surface area contributed by atoms with E-state index in [0.29, 0.717) is 17.2 Å². The number of nitrogens with one attached hydrogen (secondary N) is 1. The van der Waals surface area contributed by atoms with Crippen LogP contribution in [0.4, 0.5) is 0 Å². The summed E-state index contributed by atoms with van der Waals surface area (Å²) in [4.78, 5) is 11.6. The van der Waals surface area contributed by atoms with Crippen molar-refractivity contribution in [1.82, 2.24) is 5.32 Å². The molecule has 0 radical (unpaired) electrons. The molecule has 1 aromatic rings. The van der Waals surface area contributed by atoms with E-state index in [1.165, 1.54) is 0 Å². The molecule has 0 saturated heterocycles. The maximum Gasteiger partial charge on any atom is 0.315 e. The van der Waals surface area contributed by atoms with Crippen LogP contribution < -0.4 is 10.1 Å². The molecule has 0 unspecified atom stereocenters. The Kier molecular flexibility index (Phi) is 4.18. The first-order valence-corrected chi connectivity index (χ1v) is 5.97. The fraction of sp³-hybridized carbons (Fsp3) is 0.308. The van der Waals surface area contributed by atoms with Crippen molar-refractivity contribution >= 4 is 17.6 Å². The van der Waals surface area contributed by atoms with Gasteiger partial charge in [0, 0.05) is 11.6 Å². The second-order valence-electron chi connectivity index (χ2n) is 3.92. The van der Waals surface area contributed by atoms with Crippen LogP contribution in [0.1, 0.15) is 12.8 Å². The lowest BCUT2D eigenvalue weighted by atomic mass is 10.1. The summed E-state index contributed by atoms with van der Waals surface area (Å²) in [5.74, 6) is 0.314. The number of rotatable bonds is 3. The zero-order valence-corrected chi connectivity index (χ0v) is 10.2. The third kappa shape index (κ3) is 3.88. The average molecular weight is 252 g/mol. The van der Waals surface area contributed by atoms with E-state index in [1.54, 1.807) is 24.3 Å². The number of hydrogen-bond acceptors (Lipinski definition) is 3. The van der Waals surface area contributed by atoms with Gasteiger partial charge < -0.3 is 10.1 Å². The Morgan fingerprint density at radius 1 is 1.35 bits per heavy atom. The number of carbonyl (C=O) groups is 1. The first-order valence-electron chi connectivity index (χ1n) is 5.59. The highest BCUT2D eigenvalue weighted by atomic mass is 35.5. The molecule has 1 aliphatic rings. The van der Waals surface area contributed by atoms with E-state index in [1.807, 2.05) is 6.08 Å². The van der Waals surface area contributed by atoms with Crippen molar-refractivity contribution in [2.24, 2.45) is 0 Å². The van der Waals surface area contributed by atoms with Crippen LogP contribution in [0, 0.1) is 0 Å². The van der Waals surface area contributed by atoms with Gasteiger partial charge in [0.1, 0.15) is 5.75 Å². The van der Waals surface area contributed by atoms with Gasteiger partial charge in [-0.25, -0.2) is 0 Å². The molecule has 1 heterocycles. The van der Waals surface area contributed by atoms with E-state index in [4.69, 9.17) is 16.3 Å². The van der Waals surface area contributed by atoms with Crippen molar-refractivity contribution in [1.29, 1.82) is 0 Å². The summed E-state index contributed by atoms with van der Waals surface area (Å²) in [7, 11) is 0. The molecule has 3 nitrogen and oxygen atoms in total. The third-order valence-corrected chi connectivity index (χ3v) is 2.83. The number of esters is 1. The number of benzene rings is 1. The highest BCUT2D eigenvalue weighted by molar-refractivity contribution is 6.30. The summed E-state index contributed by atoms with van der Waals surface area (Å²) >= 11 is 5.75. The van der Waals surface area contributed by atoms with Crippen LogP contribution in [0.5, 0.6) is 5.75 Å². The zero-order valence-electron chi connectivity index (χ0n) is 9.41. The van der Waals surface area contributed by atoms with Crippen LogP contribution in [0.15, 0.2) is 35.9 Å². The molecular weight excluding hydrogens is 238 g/mol. The SMILES string of the molecule is O=C(CC1=CCNCC1)Oc1ccc(Cl)cc1. The Balaban J connectivity index is 1.88. The summed E-state index contributed by atoms with van der Waals surface area (Å²) in [6.07, 6.45) is 3.33. The van der Waals surface area contributed by atoms with Crippen molar-refractivity contribution in [3.63, 3.8) is 0 Å². The standard InChI is InChI=1S/C13H14ClNO2/c14-11-1-3-12(4-2-11)17-13(16)9-10-5-7-15-8-6-10/h1-5,15H,6-9H2. The highest BCUT2D eigenvalue weighted by Crippen LogP contribution is 2.17. The van der Waals surface area contributed by atoms with Crippen molar-refractivity contribution in [3.05, 3.63) is 40.9 Å². The van der Waals surface area contributed by atoms with Gasteiger partial charge in [-0.2, -0.15) is 0 Å². The summed E-state index contributed by atoms with van der Waals surface area (Å²) in [5.41, 5.74) is 1.14. The minimum absolute atomic E-state index is 0.222. The van der Waals surface area contributed by atoms with Crippen molar-refractivity contribution in [3.8, 4) is 5.75 Å². The summed E-state index contributed by atoms with van der Waals surface area (Å²) < 4.78 is 5.21. The van der Waals surface area contributed by atoms with Gasteiger partial charge in [0.2, 0.25) is 0 Å². The first kappa shape index (κ1) is 12.1. The van der Waals surface area contributed by atoms with E-state index in [9.17, 15) is 4.79 Å². The molecule has 0 amide bonds. The molecular formula is C13H14ClNO2. The minimum atomic E-state index is -0.222. The quantitative estimate of drug-likeness (QED) is 0.510. The van der Waals surface area contributed by atoms with Crippen molar-refractivity contribution in [2.75, 3.05) is 13.1 Å². The van der Waals surface area contributed by atoms with Gasteiger partial charge in [-0.15, -0.1) is 0 Å². The molecule has 4 heteroatoms. The lowest BCUT2D eigenvalue weighted by Gasteiger charge is -2.13. The smallest absolute Gasteiger partial charge is 0.315 e. The number of ether oxygens (including phenoxy) is 1. The summed E-state index contributed by atoms with van der Waals surface area (Å²) in [5, 5.41) is 3.83. The van der Waals surface area contributed by atoms with Gasteiger partial charge in [0.15, 0.2) is 0 Å². The van der Waals surface area contributed by atoms with Gasteiger partial charge in [0.05, 0.1) is 6.42 Å². The molecule has 2 rings (SSSR count). The predicted molar refractivity (Wildman–Crippen MR) is 67.3 cm³/mol. The monoisotopic (exact) mass is 251 g/mol. The first-order chi connectivity index (χ1) is 8.24. The molecule has 0 saturated carbocycles. The average Bonchev–Trinajstić information content (AvgIpc) is 2.33. The second kappa shape index (κ2) is 5.84. The van der Waals surface area contributed by atoms with Crippen LogP contribution in [0.3, 0.4) is 0 Å². The Hall–Kier alpha value is -1.32. The van der Waals surface area contributed by atoms with Crippen molar-refractivity contribution < 1.29 is 9.53 Å². The second-order valence-corrected chi connectivity index (χ2v) is 4.36. The van der Waals surface area contributed by atoms with Crippen LogP contribution in [-0.4, -0.2) is 19.1 Å². The lowest BCUT2D eigenvalue weighted by Crippen LogP contribution is -2.22. The van der Waals surface area contributed by atoms with Gasteiger partial charge in [-0.3, -0.25) is 4.79 Å². The summed E-state index contributed by atoms with van der Waals surface area (Å²) in [6.45, 7) is 1.77. The Labute approximate surface area is 105 Å². The largest absolute Gasteiger partial charge is 0.426 e. The van der Waals surface area contributed by atoms with Crippen LogP contribution in [0.25, 0.3) is 0 Å². The van der Waals surface area contributed by atoms with E-state index in [2.05, 4.69) is 5.32 Å². The fourth-order valence-corrected chi connectivity index (χ4v) is 1.81. The van der Waals surface area contributed by atoms with Gasteiger partial charge >= 0.3 is 5.97 Å². The van der Waals surface area contributed by atoms with E-state index in [-0.39, 0.29) is 5.97 Å². The molecule has 0 aromatic heterocycles. The van der Waals surface area contributed by atoms with Crippen molar-refractivity contribution in [2.45, 2.75) is 12.8 Å². The van der Waals surface area contributed by atoms with Crippen LogP contribution in [-0.2, 0) is 4.79 Å². The Morgan fingerprint density at radius 3 is 2.76 bits per heavy atom. The molecule has 1 aliphatic heterocycles. The molecule has 0 aliphatic carbocycles. The molecule has 0 atom stereocenters. The van der Waals surface area contributed by atoms with Crippen LogP contribution >= 0.6 is 11.6 Å². The van der Waals surface area contributed by atoms with Gasteiger partial charge in [-0.1, -0.05) is 23.3 Å². The predicted octanol–water partition coefficient (Wildman–Crippen LogP) is 2.56. The number of carbonyl (C=O) groups excluding carboxylic acids is 1. The minimum Gasteiger partial charge on any atom is -0.426 e. The zero-order chi connectivity index (χ0) is 12.1. The molecule has 0 spiro atoms. The Morgan fingerprint density at radius 2 is 2.12 bits per heavy atom. The summed E-state index contributed by atoms with van der Waals surface area (Å²) in [6, 6.07) is 6.79. The maximum atomic E-state index is 11.6. The van der Waals surface area contributed by atoms with Gasteiger partial charge in [-0.05, 0) is 37.2 Å². The lowest BCUT2D eigenvalue weighted by molar-refractivity contribution is -0.133. The highest BCUT2D eigenvalue weighted by Gasteiger charge is 2.10. The fourth-order valence-electron chi connectivity index (χ4n) is 1.69. The number of halogens is 1. The van der Waals surface area contributed by atoms with Gasteiger partial charge in [0.25, 0.3) is 0 Å². The molecule has 0 fully saturated rings. The van der Waals surface area contributed by atoms with E-state index >= 15 is 0 Å². The topological polar surface area (TPSA) is 38.3 Å². The molecule has 0 bridgehead atoms. The Bertz CT molecular complexity index is 426. The number of hydrogen-bond donors (Lipinski definition) is 1. The third-order valence-electron chi connectivity index (χ3n) is 2.57. The van der Waals surface area contributed by atoms with E-state index in [0.717, 1.165) is 25.1 Å². The normalized spacial score (nSPS) is 15.2.